The largest absolute Gasteiger partial charge is 0.507 e. The van der Waals surface area contributed by atoms with Crippen LogP contribution in [0.3, 0.4) is 0 Å². The van der Waals surface area contributed by atoms with Crippen molar-refractivity contribution in [1.29, 1.82) is 0 Å². The number of carbonyl (C=O) groups is 2. The van der Waals surface area contributed by atoms with Gasteiger partial charge in [-0.2, -0.15) is 0 Å². The number of hydrogen-bond donors (Lipinski definition) is 5. The Morgan fingerprint density at radius 2 is 1.40 bits per heavy atom. The Morgan fingerprint density at radius 3 is 1.98 bits per heavy atom. The van der Waals surface area contributed by atoms with Gasteiger partial charge < -0.3 is 56.4 Å². The van der Waals surface area contributed by atoms with Gasteiger partial charge in [0.15, 0.2) is 0 Å². The van der Waals surface area contributed by atoms with Gasteiger partial charge in [-0.25, -0.2) is 0 Å². The Balaban J connectivity index is 1.49. The maximum atomic E-state index is 12.6. The summed E-state index contributed by atoms with van der Waals surface area (Å²) in [6, 6.07) is 6.77. The number of phenols is 1. The zero-order valence-electron chi connectivity index (χ0n) is 25.4. The van der Waals surface area contributed by atoms with Crippen LogP contribution in [0.5, 0.6) is 5.75 Å². The number of nitrogens with one attached hydrogen (secondary N) is 1. The van der Waals surface area contributed by atoms with E-state index in [1.165, 1.54) is 0 Å². The Bertz CT molecular complexity index is 1020. The highest BCUT2D eigenvalue weighted by Gasteiger charge is 2.23. The number of amides is 2. The lowest BCUT2D eigenvalue weighted by Crippen LogP contribution is -2.49. The lowest BCUT2D eigenvalue weighted by molar-refractivity contribution is -0.134. The van der Waals surface area contributed by atoms with E-state index in [1.54, 1.807) is 35.2 Å². The molecule has 1 aliphatic heterocycles. The molecule has 43 heavy (non-hydrogen) atoms. The third-order valence-corrected chi connectivity index (χ3v) is 6.68. The summed E-state index contributed by atoms with van der Waals surface area (Å²) in [7, 11) is 0. The summed E-state index contributed by atoms with van der Waals surface area (Å²) in [5.74, 6) is 0.268. The third kappa shape index (κ3) is 14.5. The summed E-state index contributed by atoms with van der Waals surface area (Å²) in [5.41, 5.74) is 19.5. The Morgan fingerprint density at radius 1 is 0.837 bits per heavy atom. The topological polar surface area (TPSA) is 188 Å². The number of para-hydroxylation sites is 1. The number of piperazine rings is 1. The van der Waals surface area contributed by atoms with Crippen LogP contribution < -0.4 is 22.5 Å². The maximum absolute atomic E-state index is 12.6. The first-order valence-corrected chi connectivity index (χ1v) is 14.9. The number of allylic oxidation sites excluding steroid dienone is 1. The number of unbranched alkanes of at least 4 members (excludes halogenated alkanes) is 1. The van der Waals surface area contributed by atoms with Crippen molar-refractivity contribution in [3.05, 3.63) is 47.4 Å². The van der Waals surface area contributed by atoms with E-state index < -0.39 is 0 Å². The summed E-state index contributed by atoms with van der Waals surface area (Å²) < 4.78 is 21.9. The van der Waals surface area contributed by atoms with Gasteiger partial charge in [0.05, 0.1) is 65.0 Å². The molecule has 13 nitrogen and oxygen atoms in total. The predicted octanol–water partition coefficient (Wildman–Crippen LogP) is 0.685. The van der Waals surface area contributed by atoms with Crippen molar-refractivity contribution < 1.29 is 33.6 Å². The number of nitrogens with two attached hydrogens (primary N) is 3. The first kappa shape index (κ1) is 35.7. The molecule has 2 rings (SSSR count). The minimum absolute atomic E-state index is 0.0191. The number of carbonyl (C=O) groups excluding carboxylic acids is 2. The monoisotopic (exact) mass is 606 g/mol. The second-order valence-corrected chi connectivity index (χ2v) is 9.98. The molecule has 0 aromatic heterocycles. The van der Waals surface area contributed by atoms with Gasteiger partial charge in [-0.3, -0.25) is 9.59 Å². The van der Waals surface area contributed by atoms with Crippen molar-refractivity contribution in [2.24, 2.45) is 17.2 Å². The van der Waals surface area contributed by atoms with Crippen LogP contribution in [0.1, 0.15) is 38.2 Å². The zero-order chi connectivity index (χ0) is 31.3. The molecule has 8 N–H and O–H groups in total. The molecule has 1 aromatic rings. The summed E-state index contributed by atoms with van der Waals surface area (Å²) in [6.07, 6.45) is 4.41. The number of aromatic hydroxyl groups is 1. The molecule has 0 unspecified atom stereocenters. The van der Waals surface area contributed by atoms with Crippen molar-refractivity contribution >= 4 is 17.5 Å². The number of nitrogens with zero attached hydrogens (tertiary/aromatic N) is 2. The van der Waals surface area contributed by atoms with Crippen molar-refractivity contribution in [3.8, 4) is 5.75 Å². The van der Waals surface area contributed by atoms with Gasteiger partial charge in [0.25, 0.3) is 0 Å². The van der Waals surface area contributed by atoms with Gasteiger partial charge in [0.1, 0.15) is 11.6 Å². The van der Waals surface area contributed by atoms with Crippen LogP contribution in [0.2, 0.25) is 0 Å². The Hall–Kier alpha value is -3.52. The van der Waals surface area contributed by atoms with Crippen LogP contribution in [-0.4, -0.2) is 112 Å². The highest BCUT2D eigenvalue weighted by atomic mass is 16.6. The van der Waals surface area contributed by atoms with Gasteiger partial charge in [-0.15, -0.1) is 0 Å². The van der Waals surface area contributed by atoms with Crippen LogP contribution in [0, 0.1) is 0 Å². The molecule has 13 heteroatoms. The molecule has 0 atom stereocenters. The van der Waals surface area contributed by atoms with Gasteiger partial charge in [-0.1, -0.05) is 25.5 Å². The lowest BCUT2D eigenvalue weighted by Gasteiger charge is -2.37. The summed E-state index contributed by atoms with van der Waals surface area (Å²) >= 11 is 0. The predicted molar refractivity (Wildman–Crippen MR) is 164 cm³/mol. The molecular weight excluding hydrogens is 556 g/mol. The second kappa shape index (κ2) is 21.2. The molecule has 0 spiro atoms. The molecule has 1 saturated heterocycles. The fourth-order valence-electron chi connectivity index (χ4n) is 4.26. The highest BCUT2D eigenvalue weighted by Crippen LogP contribution is 2.23. The van der Waals surface area contributed by atoms with Gasteiger partial charge in [-0.05, 0) is 24.6 Å². The fourth-order valence-corrected chi connectivity index (χ4v) is 4.26. The lowest BCUT2D eigenvalue weighted by atomic mass is 10.1. The van der Waals surface area contributed by atoms with Gasteiger partial charge >= 0.3 is 0 Å². The van der Waals surface area contributed by atoms with Crippen molar-refractivity contribution in [2.75, 3.05) is 85.6 Å². The number of phenolic OH excluding ortho intramolecular Hbond substituents is 1. The average molecular weight is 607 g/mol. The fraction of sp³-hybridized carbons (Fsp3) is 0.600. The summed E-state index contributed by atoms with van der Waals surface area (Å²) in [6.45, 7) is 8.08. The molecule has 1 fully saturated rings. The van der Waals surface area contributed by atoms with Crippen LogP contribution in [0.15, 0.2) is 41.9 Å². The quantitative estimate of drug-likeness (QED) is 0.0978. The zero-order valence-corrected chi connectivity index (χ0v) is 25.4. The van der Waals surface area contributed by atoms with Crippen LogP contribution in [0.4, 0.5) is 0 Å². The van der Waals surface area contributed by atoms with E-state index in [9.17, 15) is 14.7 Å². The van der Waals surface area contributed by atoms with E-state index in [-0.39, 0.29) is 29.8 Å². The first-order chi connectivity index (χ1) is 20.8. The highest BCUT2D eigenvalue weighted by molar-refractivity contribution is 5.76. The molecule has 1 heterocycles. The molecule has 0 radical (unpaired) electrons. The van der Waals surface area contributed by atoms with Crippen molar-refractivity contribution in [1.82, 2.24) is 15.1 Å². The first-order valence-electron chi connectivity index (χ1n) is 14.9. The number of ether oxygens (including phenoxy) is 4. The minimum Gasteiger partial charge on any atom is -0.507 e. The summed E-state index contributed by atoms with van der Waals surface area (Å²) in [5, 5.41) is 12.9. The van der Waals surface area contributed by atoms with Crippen LogP contribution in [0.25, 0.3) is 5.70 Å². The van der Waals surface area contributed by atoms with E-state index >= 15 is 0 Å². The van der Waals surface area contributed by atoms with E-state index in [0.29, 0.717) is 109 Å². The molecule has 1 aromatic carbocycles. The Kier molecular flexibility index (Phi) is 17.6. The molecule has 2 amide bonds. The summed E-state index contributed by atoms with van der Waals surface area (Å²) in [4.78, 5) is 27.9. The minimum atomic E-state index is 0.0191. The molecular formula is C30H50N6O7. The van der Waals surface area contributed by atoms with Gasteiger partial charge in [0, 0.05) is 50.4 Å². The molecule has 0 bridgehead atoms. The maximum Gasteiger partial charge on any atom is 0.225 e. The van der Waals surface area contributed by atoms with E-state index in [0.717, 1.165) is 12.8 Å². The van der Waals surface area contributed by atoms with Crippen LogP contribution >= 0.6 is 0 Å². The number of benzene rings is 1. The average Bonchev–Trinajstić information content (AvgIpc) is 3.00. The van der Waals surface area contributed by atoms with Crippen molar-refractivity contribution in [2.45, 2.75) is 32.6 Å². The van der Waals surface area contributed by atoms with E-state index in [1.807, 2.05) is 4.90 Å². The van der Waals surface area contributed by atoms with Gasteiger partial charge in [0.2, 0.25) is 11.8 Å². The standard InChI is InChI=1S/C30H50N6O7/c1-2-3-8-28(38)34-10-16-41-18-20-43-22-21-42-19-17-40-15-9-29(39)36-13-11-35(12-14-36)26(30(32)33)23-25(31)24-6-4-5-7-27(24)37/h4-7,23,37H,2-3,8-22,31-33H2,1H3,(H,34,38)/b25-23-. The number of hydrogen-bond acceptors (Lipinski definition) is 11. The van der Waals surface area contributed by atoms with E-state index in [2.05, 4.69) is 12.2 Å². The van der Waals surface area contributed by atoms with E-state index in [4.69, 9.17) is 36.1 Å². The SMILES string of the molecule is CCCCC(=O)NCCOCCOCCOCCOCCC(=O)N1CCN(C(/C=C(\N)c2ccccc2O)=C(N)N)CC1. The molecule has 1 aliphatic rings. The molecule has 0 saturated carbocycles. The van der Waals surface area contributed by atoms with Crippen LogP contribution in [-0.2, 0) is 28.5 Å². The normalized spacial score (nSPS) is 13.7. The number of rotatable bonds is 21. The Labute approximate surface area is 254 Å². The third-order valence-electron chi connectivity index (χ3n) is 6.68. The second-order valence-electron chi connectivity index (χ2n) is 9.98. The molecule has 0 aliphatic carbocycles. The van der Waals surface area contributed by atoms with Crippen molar-refractivity contribution in [3.63, 3.8) is 0 Å². The molecule has 242 valence electrons. The smallest absolute Gasteiger partial charge is 0.225 e.